The predicted octanol–water partition coefficient (Wildman–Crippen LogP) is 5.29. The summed E-state index contributed by atoms with van der Waals surface area (Å²) in [5.41, 5.74) is -0.575. The van der Waals surface area contributed by atoms with Crippen LogP contribution < -0.4 is 19.8 Å². The average Bonchev–Trinajstić information content (AvgIpc) is 3.07. The number of aryl methyl sites for hydroxylation is 2. The molecule has 15 heteroatoms. The minimum Gasteiger partial charge on any atom is -0.741 e. The first-order valence-corrected chi connectivity index (χ1v) is 16.2. The van der Waals surface area contributed by atoms with Crippen LogP contribution in [0.4, 0.5) is 24.5 Å². The number of anilines is 2. The van der Waals surface area contributed by atoms with Crippen LogP contribution in [0.5, 0.6) is 0 Å². The van der Waals surface area contributed by atoms with E-state index in [0.29, 0.717) is 22.4 Å². The topological polar surface area (TPSA) is 149 Å². The molecule has 252 valence electrons. The molecule has 50 heavy (non-hydrogen) atoms. The van der Waals surface area contributed by atoms with Gasteiger partial charge in [-0.1, -0.05) is 48.5 Å². The lowest BCUT2D eigenvalue weighted by Crippen LogP contribution is -2.29. The summed E-state index contributed by atoms with van der Waals surface area (Å²) in [5.74, 6) is -0.662. The zero-order valence-electron chi connectivity index (χ0n) is 26.3. The Morgan fingerprint density at radius 1 is 0.640 bits per heavy atom. The molecule has 11 nitrogen and oxygen atoms in total. The van der Waals surface area contributed by atoms with E-state index in [1.54, 1.807) is 12.1 Å². The van der Waals surface area contributed by atoms with E-state index in [0.717, 1.165) is 32.6 Å². The number of amides is 2. The Labute approximate surface area is 282 Å². The van der Waals surface area contributed by atoms with Crippen LogP contribution in [0.2, 0.25) is 0 Å². The molecule has 7 aromatic rings. The summed E-state index contributed by atoms with van der Waals surface area (Å²) >= 11 is 0. The Bertz CT molecular complexity index is 2440. The molecule has 4 aromatic heterocycles. The van der Waals surface area contributed by atoms with Gasteiger partial charge < -0.3 is 15.2 Å². The number of fused-ring (bicyclic) bond motifs is 5. The summed E-state index contributed by atoms with van der Waals surface area (Å²) in [6, 6.07) is 30.8. The van der Waals surface area contributed by atoms with Gasteiger partial charge in [0.2, 0.25) is 11.0 Å². The summed E-state index contributed by atoms with van der Waals surface area (Å²) in [7, 11) is -2.21. The van der Waals surface area contributed by atoms with Crippen molar-refractivity contribution in [3.8, 4) is 0 Å². The molecule has 0 saturated carbocycles. The number of alkyl halides is 3. The zero-order chi connectivity index (χ0) is 35.8. The third-order valence-electron chi connectivity index (χ3n) is 7.71. The van der Waals surface area contributed by atoms with Crippen LogP contribution in [0.25, 0.3) is 43.6 Å². The molecule has 0 atom stereocenters. The SMILES string of the molecule is C[n+]1cc(NC(=O)c2ccc3ccc4ccc(C(=O)Nc5cc6ccccc6[n+](C)c5)nc4c3n2)cc2ccccc21.O=S(=O)([O-])C(F)(F)F. The number of rotatable bonds is 4. The number of nitrogens with zero attached hydrogens (tertiary/aromatic N) is 4. The average molecular weight is 700 g/mol. The van der Waals surface area contributed by atoms with Crippen molar-refractivity contribution in [1.82, 2.24) is 9.97 Å². The van der Waals surface area contributed by atoms with Crippen LogP contribution in [0.1, 0.15) is 21.0 Å². The molecule has 7 rings (SSSR count). The number of carbonyl (C=O) groups is 2. The molecule has 0 aliphatic rings. The van der Waals surface area contributed by atoms with Gasteiger partial charge in [-0.05, 0) is 36.4 Å². The van der Waals surface area contributed by atoms with E-state index in [1.165, 1.54) is 0 Å². The first-order chi connectivity index (χ1) is 23.7. The van der Waals surface area contributed by atoms with Crippen LogP contribution in [-0.4, -0.2) is 40.3 Å². The minimum absolute atomic E-state index is 0.256. The Morgan fingerprint density at radius 2 is 1.00 bits per heavy atom. The van der Waals surface area contributed by atoms with Crippen LogP contribution >= 0.6 is 0 Å². The van der Waals surface area contributed by atoms with E-state index in [2.05, 4.69) is 10.6 Å². The van der Waals surface area contributed by atoms with Crippen LogP contribution in [-0.2, 0) is 24.2 Å². The Kier molecular flexibility index (Phi) is 8.86. The van der Waals surface area contributed by atoms with Gasteiger partial charge >= 0.3 is 5.51 Å². The molecule has 0 spiro atoms. The number of carbonyl (C=O) groups excluding carboxylic acids is 2. The number of para-hydroxylation sites is 2. The Hall–Kier alpha value is -6.06. The number of pyridine rings is 4. The monoisotopic (exact) mass is 699 g/mol. The Balaban J connectivity index is 0.000000485. The van der Waals surface area contributed by atoms with Gasteiger partial charge in [-0.2, -0.15) is 22.3 Å². The van der Waals surface area contributed by atoms with E-state index in [-0.39, 0.29) is 23.2 Å². The maximum absolute atomic E-state index is 13.3. The summed E-state index contributed by atoms with van der Waals surface area (Å²) in [6.45, 7) is 0. The van der Waals surface area contributed by atoms with Crippen LogP contribution in [0.3, 0.4) is 0 Å². The standard InChI is InChI=1S/C34H24N6O2.CHF3O3S/c1-39-19-25(17-23-7-3-5-9-29(23)39)35-33(41)27-15-13-21-11-12-22-14-16-28(38-32(22)31(21)37-27)34(42)36-26-18-24-8-4-6-10-30(24)40(2)20-26;2-1(3,4)8(5,6)7/h3-20H,1-2H3;(H,5,6,7)/p+1. The third kappa shape index (κ3) is 7.04. The second-order valence-corrected chi connectivity index (χ2v) is 12.6. The number of hydrogen-bond acceptors (Lipinski definition) is 7. The van der Waals surface area contributed by atoms with Crippen molar-refractivity contribution in [2.24, 2.45) is 14.1 Å². The smallest absolute Gasteiger partial charge is 0.485 e. The van der Waals surface area contributed by atoms with Gasteiger partial charge in [-0.25, -0.2) is 18.4 Å². The van der Waals surface area contributed by atoms with Crippen molar-refractivity contribution in [2.75, 3.05) is 10.6 Å². The summed E-state index contributed by atoms with van der Waals surface area (Å²) in [6.07, 6.45) is 3.75. The first-order valence-electron chi connectivity index (χ1n) is 14.8. The van der Waals surface area contributed by atoms with Crippen molar-refractivity contribution >= 4 is 76.9 Å². The molecule has 0 unspecified atom stereocenters. The fourth-order valence-corrected chi connectivity index (χ4v) is 5.38. The highest BCUT2D eigenvalue weighted by Gasteiger charge is 2.37. The van der Waals surface area contributed by atoms with Gasteiger partial charge in [-0.3, -0.25) is 9.59 Å². The fourth-order valence-electron chi connectivity index (χ4n) is 5.38. The van der Waals surface area contributed by atoms with Crippen molar-refractivity contribution in [1.29, 1.82) is 0 Å². The summed E-state index contributed by atoms with van der Waals surface area (Å²) in [4.78, 5) is 35.9. The maximum Gasteiger partial charge on any atom is 0.485 e. The summed E-state index contributed by atoms with van der Waals surface area (Å²) < 4.78 is 62.8. The normalized spacial score (nSPS) is 11.7. The van der Waals surface area contributed by atoms with E-state index in [1.807, 2.05) is 121 Å². The molecule has 0 aliphatic carbocycles. The molecule has 0 fully saturated rings. The van der Waals surface area contributed by atoms with E-state index < -0.39 is 15.6 Å². The maximum atomic E-state index is 13.3. The van der Waals surface area contributed by atoms with Crippen molar-refractivity contribution in [3.05, 3.63) is 121 Å². The molecule has 4 heterocycles. The number of halogens is 3. The second kappa shape index (κ2) is 13.1. The summed E-state index contributed by atoms with van der Waals surface area (Å²) in [5, 5.41) is 9.62. The number of aromatic nitrogens is 4. The quantitative estimate of drug-likeness (QED) is 0.110. The largest absolute Gasteiger partial charge is 0.741 e. The van der Waals surface area contributed by atoms with Crippen LogP contribution in [0.15, 0.2) is 109 Å². The number of nitrogens with one attached hydrogen (secondary N) is 2. The molecule has 2 N–H and O–H groups in total. The van der Waals surface area contributed by atoms with Crippen molar-refractivity contribution in [3.63, 3.8) is 0 Å². The lowest BCUT2D eigenvalue weighted by Gasteiger charge is -2.09. The van der Waals surface area contributed by atoms with Crippen LogP contribution in [0, 0.1) is 0 Å². The molecule has 3 aromatic carbocycles. The third-order valence-corrected chi connectivity index (χ3v) is 8.27. The van der Waals surface area contributed by atoms with Gasteiger partial charge in [0.1, 0.15) is 36.9 Å². The number of hydrogen-bond donors (Lipinski definition) is 2. The van der Waals surface area contributed by atoms with E-state index in [4.69, 9.17) is 22.9 Å². The lowest BCUT2D eigenvalue weighted by molar-refractivity contribution is -0.644. The van der Waals surface area contributed by atoms with Gasteiger partial charge in [0.25, 0.3) is 11.8 Å². The zero-order valence-corrected chi connectivity index (χ0v) is 27.1. The van der Waals surface area contributed by atoms with Crippen molar-refractivity contribution < 1.29 is 44.9 Å². The lowest BCUT2D eigenvalue weighted by atomic mass is 10.1. The molecule has 2 amide bonds. The van der Waals surface area contributed by atoms with Crippen molar-refractivity contribution in [2.45, 2.75) is 5.51 Å². The molecule has 0 bridgehead atoms. The highest BCUT2D eigenvalue weighted by molar-refractivity contribution is 7.86. The first kappa shape index (κ1) is 33.8. The van der Waals surface area contributed by atoms with Gasteiger partial charge in [0, 0.05) is 33.7 Å². The minimum atomic E-state index is -6.09. The fraction of sp³-hybridized carbons (Fsp3) is 0.0857. The molecular formula is C35H26F3N6O5S+. The molecule has 0 aliphatic heterocycles. The highest BCUT2D eigenvalue weighted by atomic mass is 32.2. The second-order valence-electron chi connectivity index (χ2n) is 11.2. The highest BCUT2D eigenvalue weighted by Crippen LogP contribution is 2.25. The molecule has 0 saturated heterocycles. The van der Waals surface area contributed by atoms with E-state index in [9.17, 15) is 22.8 Å². The van der Waals surface area contributed by atoms with E-state index >= 15 is 0 Å². The molecule has 0 radical (unpaired) electrons. The Morgan fingerprint density at radius 3 is 1.38 bits per heavy atom. The van der Waals surface area contributed by atoms with Gasteiger partial charge in [0.05, 0.1) is 11.0 Å². The molecular weight excluding hydrogens is 673 g/mol. The van der Waals surface area contributed by atoms with Gasteiger partial charge in [-0.15, -0.1) is 0 Å². The van der Waals surface area contributed by atoms with Gasteiger partial charge in [0.15, 0.2) is 22.5 Å². The number of benzene rings is 3. The predicted molar refractivity (Wildman–Crippen MR) is 179 cm³/mol.